The molecule has 0 aliphatic carbocycles. The van der Waals surface area contributed by atoms with E-state index in [1.165, 1.54) is 18.2 Å². The highest BCUT2D eigenvalue weighted by Crippen LogP contribution is 2.28. The highest BCUT2D eigenvalue weighted by atomic mass is 32.2. The molecule has 0 saturated carbocycles. The number of ether oxygens (including phenoxy) is 1. The second-order valence-electron chi connectivity index (χ2n) is 6.53. The normalized spacial score (nSPS) is 16.8. The Balaban J connectivity index is 1.74. The van der Waals surface area contributed by atoms with Crippen molar-refractivity contribution in [3.05, 3.63) is 60.0 Å². The van der Waals surface area contributed by atoms with Crippen LogP contribution in [0, 0.1) is 5.82 Å². The predicted octanol–water partition coefficient (Wildman–Crippen LogP) is 2.35. The van der Waals surface area contributed by atoms with Crippen LogP contribution in [-0.4, -0.2) is 45.6 Å². The lowest BCUT2D eigenvalue weighted by atomic mass is 10.1. The zero-order valence-corrected chi connectivity index (χ0v) is 16.4. The zero-order chi connectivity index (χ0) is 20.4. The van der Waals surface area contributed by atoms with Crippen molar-refractivity contribution in [2.75, 3.05) is 32.0 Å². The van der Waals surface area contributed by atoms with Gasteiger partial charge in [-0.15, -0.1) is 0 Å². The molecule has 1 aliphatic rings. The van der Waals surface area contributed by atoms with Crippen molar-refractivity contribution in [3.63, 3.8) is 0 Å². The second-order valence-corrected chi connectivity index (χ2v) is 8.01. The highest BCUT2D eigenvalue weighted by molar-refractivity contribution is 7.82. The molecule has 4 rings (SSSR count). The third-order valence-corrected chi connectivity index (χ3v) is 6.12. The zero-order valence-electron chi connectivity index (χ0n) is 15.5. The molecule has 3 aromatic rings. The molecule has 1 aliphatic heterocycles. The Bertz CT molecular complexity index is 1120. The van der Waals surface area contributed by atoms with E-state index in [0.29, 0.717) is 59.0 Å². The lowest BCUT2D eigenvalue weighted by Crippen LogP contribution is -2.37. The molecule has 29 heavy (non-hydrogen) atoms. The van der Waals surface area contributed by atoms with E-state index < -0.39 is 16.8 Å². The van der Waals surface area contributed by atoms with E-state index in [2.05, 4.69) is 9.98 Å². The molecular formula is C20H20FN5O2S. The van der Waals surface area contributed by atoms with Crippen LogP contribution >= 0.6 is 0 Å². The van der Waals surface area contributed by atoms with Gasteiger partial charge in [0.1, 0.15) is 22.6 Å². The van der Waals surface area contributed by atoms with Gasteiger partial charge in [0, 0.05) is 35.9 Å². The maximum atomic E-state index is 13.6. The number of aromatic nitrogens is 1. The number of nitrogen functional groups attached to an aromatic ring is 1. The fraction of sp³-hybridized carbons (Fsp3) is 0.200. The summed E-state index contributed by atoms with van der Waals surface area (Å²) in [5.41, 5.74) is 13.9. The van der Waals surface area contributed by atoms with E-state index >= 15 is 0 Å². The molecule has 1 saturated heterocycles. The van der Waals surface area contributed by atoms with Gasteiger partial charge in [-0.1, -0.05) is 0 Å². The molecule has 0 bridgehead atoms. The van der Waals surface area contributed by atoms with Crippen molar-refractivity contribution in [2.45, 2.75) is 4.90 Å². The minimum atomic E-state index is -1.31. The van der Waals surface area contributed by atoms with Gasteiger partial charge in [0.05, 0.1) is 29.3 Å². The molecule has 2 aromatic carbocycles. The number of nitrogens with two attached hydrogens (primary N) is 2. The average Bonchev–Trinajstić information content (AvgIpc) is 2.75. The highest BCUT2D eigenvalue weighted by Gasteiger charge is 2.19. The summed E-state index contributed by atoms with van der Waals surface area (Å²) in [6.45, 7) is 2.33. The number of fused-ring (bicyclic) bond motifs is 1. The standard InChI is InChI=1S/C20H20FN5O2S/c21-13-1-3-17(22)15(11-13)20(23)25-19-5-6-24-18-4-2-14(12-16(18)19)29(27)26-7-9-28-10-8-26/h1-6,11-12H,7-10,22H2,(H2,23,24,25). The second kappa shape index (κ2) is 8.24. The Morgan fingerprint density at radius 3 is 2.76 bits per heavy atom. The number of benzene rings is 2. The Kier molecular flexibility index (Phi) is 5.52. The van der Waals surface area contributed by atoms with Crippen LogP contribution in [0.15, 0.2) is 58.5 Å². The van der Waals surface area contributed by atoms with Crippen LogP contribution in [0.3, 0.4) is 0 Å². The summed E-state index contributed by atoms with van der Waals surface area (Å²) in [4.78, 5) is 9.43. The van der Waals surface area contributed by atoms with Crippen LogP contribution in [0.4, 0.5) is 15.8 Å². The Hall–Kier alpha value is -2.88. The van der Waals surface area contributed by atoms with Gasteiger partial charge in [0.25, 0.3) is 0 Å². The van der Waals surface area contributed by atoms with Crippen molar-refractivity contribution < 1.29 is 13.3 Å². The Morgan fingerprint density at radius 2 is 1.97 bits per heavy atom. The van der Waals surface area contributed by atoms with E-state index in [4.69, 9.17) is 16.2 Å². The van der Waals surface area contributed by atoms with Gasteiger partial charge in [0.2, 0.25) is 0 Å². The lowest BCUT2D eigenvalue weighted by Gasteiger charge is -2.25. The first-order valence-electron chi connectivity index (χ1n) is 9.06. The summed E-state index contributed by atoms with van der Waals surface area (Å²) < 4.78 is 33.7. The van der Waals surface area contributed by atoms with Gasteiger partial charge < -0.3 is 16.2 Å². The molecule has 150 valence electrons. The lowest BCUT2D eigenvalue weighted by molar-refractivity contribution is 0.0752. The first-order valence-corrected chi connectivity index (χ1v) is 10.2. The minimum Gasteiger partial charge on any atom is -0.398 e. The number of pyridine rings is 1. The van der Waals surface area contributed by atoms with Gasteiger partial charge in [-0.25, -0.2) is 17.9 Å². The smallest absolute Gasteiger partial charge is 0.133 e. The van der Waals surface area contributed by atoms with Gasteiger partial charge >= 0.3 is 0 Å². The van der Waals surface area contributed by atoms with Crippen molar-refractivity contribution in [1.29, 1.82) is 0 Å². The summed E-state index contributed by atoms with van der Waals surface area (Å²) in [7, 11) is -1.31. The fourth-order valence-electron chi connectivity index (χ4n) is 3.12. The molecule has 1 fully saturated rings. The number of hydrogen-bond donors (Lipinski definition) is 2. The number of aliphatic imine (C=N–C) groups is 1. The summed E-state index contributed by atoms with van der Waals surface area (Å²) in [6.07, 6.45) is 1.61. The van der Waals surface area contributed by atoms with Crippen LogP contribution in [-0.2, 0) is 15.7 Å². The third kappa shape index (κ3) is 4.12. The number of rotatable bonds is 4. The molecule has 0 radical (unpaired) electrons. The summed E-state index contributed by atoms with van der Waals surface area (Å²) in [6, 6.07) is 11.1. The summed E-state index contributed by atoms with van der Waals surface area (Å²) in [5.74, 6) is -0.357. The van der Waals surface area contributed by atoms with E-state index in [1.807, 2.05) is 4.31 Å². The number of nitrogens with zero attached hydrogens (tertiary/aromatic N) is 3. The van der Waals surface area contributed by atoms with Crippen LogP contribution in [0.1, 0.15) is 5.56 Å². The SMILES string of the molecule is NC(=Nc1ccnc2ccc(S(=O)N3CCOCC3)cc12)c1cc(F)ccc1N. The monoisotopic (exact) mass is 413 g/mol. The first kappa shape index (κ1) is 19.4. The number of hydrogen-bond acceptors (Lipinski definition) is 5. The molecule has 9 heteroatoms. The Labute approximate surface area is 169 Å². The summed E-state index contributed by atoms with van der Waals surface area (Å²) >= 11 is 0. The van der Waals surface area contributed by atoms with Crippen LogP contribution in [0.5, 0.6) is 0 Å². The van der Waals surface area contributed by atoms with E-state index in [9.17, 15) is 8.60 Å². The number of anilines is 1. The van der Waals surface area contributed by atoms with Gasteiger partial charge in [0.15, 0.2) is 0 Å². The third-order valence-electron chi connectivity index (χ3n) is 4.63. The molecule has 1 aromatic heterocycles. The topological polar surface area (TPSA) is 107 Å². The largest absolute Gasteiger partial charge is 0.398 e. The first-order chi connectivity index (χ1) is 14.0. The maximum absolute atomic E-state index is 13.6. The molecule has 1 unspecified atom stereocenters. The molecule has 4 N–H and O–H groups in total. The number of amidine groups is 1. The Morgan fingerprint density at radius 1 is 1.17 bits per heavy atom. The van der Waals surface area contributed by atoms with Crippen molar-refractivity contribution >= 4 is 39.1 Å². The van der Waals surface area contributed by atoms with E-state index in [-0.39, 0.29) is 5.84 Å². The van der Waals surface area contributed by atoms with Crippen LogP contribution in [0.2, 0.25) is 0 Å². The molecule has 7 nitrogen and oxygen atoms in total. The number of halogens is 1. The molecule has 0 spiro atoms. The predicted molar refractivity (Wildman–Crippen MR) is 112 cm³/mol. The summed E-state index contributed by atoms with van der Waals surface area (Å²) in [5, 5.41) is 0.699. The molecule has 0 amide bonds. The van der Waals surface area contributed by atoms with Crippen LogP contribution < -0.4 is 11.5 Å². The maximum Gasteiger partial charge on any atom is 0.133 e. The molecule has 2 heterocycles. The van der Waals surface area contributed by atoms with Gasteiger partial charge in [-0.2, -0.15) is 0 Å². The van der Waals surface area contributed by atoms with Gasteiger partial charge in [-0.3, -0.25) is 4.98 Å². The minimum absolute atomic E-state index is 0.0919. The van der Waals surface area contributed by atoms with E-state index in [1.54, 1.807) is 30.5 Å². The quantitative estimate of drug-likeness (QED) is 0.388. The van der Waals surface area contributed by atoms with Crippen molar-refractivity contribution in [1.82, 2.24) is 9.29 Å². The fourth-order valence-corrected chi connectivity index (χ4v) is 4.30. The number of morpholine rings is 1. The average molecular weight is 413 g/mol. The van der Waals surface area contributed by atoms with E-state index in [0.717, 1.165) is 0 Å². The molecular weight excluding hydrogens is 393 g/mol. The van der Waals surface area contributed by atoms with Gasteiger partial charge in [-0.05, 0) is 42.5 Å². The van der Waals surface area contributed by atoms with Crippen molar-refractivity contribution in [2.24, 2.45) is 10.7 Å². The van der Waals surface area contributed by atoms with Crippen LogP contribution in [0.25, 0.3) is 10.9 Å². The molecule has 1 atom stereocenters. The van der Waals surface area contributed by atoms with Crippen molar-refractivity contribution in [3.8, 4) is 0 Å².